The highest BCUT2D eigenvalue weighted by atomic mass is 16.4. The molecule has 0 aromatic carbocycles. The van der Waals surface area contributed by atoms with Gasteiger partial charge in [0.1, 0.15) is 5.82 Å². The van der Waals surface area contributed by atoms with Crippen LogP contribution in [0.15, 0.2) is 12.1 Å². The summed E-state index contributed by atoms with van der Waals surface area (Å²) in [5, 5.41) is 12.2. The summed E-state index contributed by atoms with van der Waals surface area (Å²) in [6, 6.07) is 3.33. The van der Waals surface area contributed by atoms with E-state index in [1.165, 1.54) is 25.9 Å². The lowest BCUT2D eigenvalue weighted by Crippen LogP contribution is -2.22. The Bertz CT molecular complexity index is 442. The van der Waals surface area contributed by atoms with Crippen molar-refractivity contribution < 1.29 is 9.90 Å². The van der Waals surface area contributed by atoms with Crippen LogP contribution < -0.4 is 5.32 Å². The van der Waals surface area contributed by atoms with Crippen molar-refractivity contribution in [1.29, 1.82) is 0 Å². The first-order valence-corrected chi connectivity index (χ1v) is 6.84. The average Bonchev–Trinajstić information content (AvgIpc) is 2.87. The number of nitrogens with one attached hydrogen (secondary N) is 1. The van der Waals surface area contributed by atoms with Crippen LogP contribution in [0.2, 0.25) is 0 Å². The minimum atomic E-state index is -0.925. The number of rotatable bonds is 6. The van der Waals surface area contributed by atoms with Gasteiger partial charge in [-0.25, -0.2) is 9.78 Å². The molecule has 1 aliphatic heterocycles. The van der Waals surface area contributed by atoms with Crippen LogP contribution in [0.1, 0.15) is 35.3 Å². The predicted octanol–water partition coefficient (Wildman–Crippen LogP) is 1.99. The van der Waals surface area contributed by atoms with Gasteiger partial charge in [0.15, 0.2) is 0 Å². The van der Waals surface area contributed by atoms with Crippen molar-refractivity contribution in [3.8, 4) is 0 Å². The number of anilines is 1. The van der Waals surface area contributed by atoms with Gasteiger partial charge in [-0.15, -0.1) is 0 Å². The third kappa shape index (κ3) is 3.92. The highest BCUT2D eigenvalue weighted by molar-refractivity contribution is 5.89. The fraction of sp³-hybridized carbons (Fsp3) is 0.571. The summed E-state index contributed by atoms with van der Waals surface area (Å²) in [6.45, 7) is 6.17. The van der Waals surface area contributed by atoms with Crippen LogP contribution in [-0.4, -0.2) is 47.1 Å². The lowest BCUT2D eigenvalue weighted by atomic mass is 10.2. The highest BCUT2D eigenvalue weighted by Crippen LogP contribution is 2.11. The molecule has 2 heterocycles. The molecule has 5 nitrogen and oxygen atoms in total. The first-order valence-electron chi connectivity index (χ1n) is 6.84. The molecule has 0 unspecified atom stereocenters. The van der Waals surface area contributed by atoms with Crippen LogP contribution in [0.4, 0.5) is 5.82 Å². The molecule has 2 rings (SSSR count). The summed E-state index contributed by atoms with van der Waals surface area (Å²) in [7, 11) is 0. The number of pyridine rings is 1. The molecule has 0 aliphatic carbocycles. The van der Waals surface area contributed by atoms with Crippen molar-refractivity contribution in [3.63, 3.8) is 0 Å². The lowest BCUT2D eigenvalue weighted by molar-refractivity contribution is 0.0695. The molecule has 0 atom stereocenters. The Morgan fingerprint density at radius 3 is 2.79 bits per heavy atom. The van der Waals surface area contributed by atoms with Crippen molar-refractivity contribution >= 4 is 11.8 Å². The summed E-state index contributed by atoms with van der Waals surface area (Å²) in [5.41, 5.74) is 0.819. The van der Waals surface area contributed by atoms with Crippen LogP contribution in [0, 0.1) is 6.92 Å². The molecule has 0 radical (unpaired) electrons. The Labute approximate surface area is 113 Å². The number of carbonyl (C=O) groups is 1. The van der Waals surface area contributed by atoms with Gasteiger partial charge in [-0.05, 0) is 58.0 Å². The highest BCUT2D eigenvalue weighted by Gasteiger charge is 2.11. The van der Waals surface area contributed by atoms with E-state index in [9.17, 15) is 4.79 Å². The summed E-state index contributed by atoms with van der Waals surface area (Å²) < 4.78 is 0. The number of aryl methyl sites for hydroxylation is 1. The van der Waals surface area contributed by atoms with Gasteiger partial charge >= 0.3 is 5.97 Å². The Kier molecular flexibility index (Phi) is 4.74. The van der Waals surface area contributed by atoms with Crippen molar-refractivity contribution in [1.82, 2.24) is 9.88 Å². The second-order valence-corrected chi connectivity index (χ2v) is 4.96. The molecule has 1 saturated heterocycles. The largest absolute Gasteiger partial charge is 0.478 e. The van der Waals surface area contributed by atoms with E-state index in [4.69, 9.17) is 5.11 Å². The molecule has 19 heavy (non-hydrogen) atoms. The monoisotopic (exact) mass is 263 g/mol. The fourth-order valence-electron chi connectivity index (χ4n) is 2.41. The van der Waals surface area contributed by atoms with Gasteiger partial charge in [-0.1, -0.05) is 0 Å². The van der Waals surface area contributed by atoms with Crippen LogP contribution in [0.3, 0.4) is 0 Å². The van der Waals surface area contributed by atoms with E-state index >= 15 is 0 Å². The van der Waals surface area contributed by atoms with Crippen molar-refractivity contribution in [2.45, 2.75) is 26.2 Å². The maximum atomic E-state index is 10.9. The third-order valence-corrected chi connectivity index (χ3v) is 3.47. The number of aromatic carboxylic acids is 1. The number of nitrogens with zero attached hydrogens (tertiary/aromatic N) is 2. The van der Waals surface area contributed by atoms with E-state index < -0.39 is 5.97 Å². The molecule has 0 bridgehead atoms. The number of likely N-dealkylation sites (tertiary alicyclic amines) is 1. The summed E-state index contributed by atoms with van der Waals surface area (Å²) in [5.74, 6) is -0.172. The molecule has 2 N–H and O–H groups in total. The second-order valence-electron chi connectivity index (χ2n) is 4.96. The van der Waals surface area contributed by atoms with Gasteiger partial charge < -0.3 is 15.3 Å². The Morgan fingerprint density at radius 2 is 2.16 bits per heavy atom. The molecular weight excluding hydrogens is 242 g/mol. The van der Waals surface area contributed by atoms with E-state index in [0.717, 1.165) is 25.3 Å². The summed E-state index contributed by atoms with van der Waals surface area (Å²) in [6.07, 6.45) is 3.73. The molecule has 1 aromatic heterocycles. The van der Waals surface area contributed by atoms with E-state index in [1.807, 2.05) is 0 Å². The molecule has 0 saturated carbocycles. The molecule has 5 heteroatoms. The van der Waals surface area contributed by atoms with Crippen molar-refractivity contribution in [2.24, 2.45) is 0 Å². The normalized spacial score (nSPS) is 15.6. The quantitative estimate of drug-likeness (QED) is 0.768. The smallest absolute Gasteiger partial charge is 0.337 e. The van der Waals surface area contributed by atoms with Crippen LogP contribution in [-0.2, 0) is 0 Å². The van der Waals surface area contributed by atoms with Gasteiger partial charge in [0.25, 0.3) is 0 Å². The molecular formula is C14H21N3O2. The molecule has 1 fully saturated rings. The summed E-state index contributed by atoms with van der Waals surface area (Å²) in [4.78, 5) is 17.6. The van der Waals surface area contributed by atoms with E-state index in [2.05, 4.69) is 15.2 Å². The van der Waals surface area contributed by atoms with Gasteiger partial charge in [-0.2, -0.15) is 0 Å². The first kappa shape index (κ1) is 13.8. The zero-order chi connectivity index (χ0) is 13.7. The third-order valence-electron chi connectivity index (χ3n) is 3.47. The van der Waals surface area contributed by atoms with E-state index in [-0.39, 0.29) is 5.56 Å². The Balaban J connectivity index is 1.76. The second kappa shape index (κ2) is 6.52. The van der Waals surface area contributed by atoms with Gasteiger partial charge in [0.05, 0.1) is 11.3 Å². The number of hydrogen-bond donors (Lipinski definition) is 2. The average molecular weight is 263 g/mol. The SMILES string of the molecule is Cc1nc(NCCCN2CCCC2)ccc1C(=O)O. The zero-order valence-corrected chi connectivity index (χ0v) is 11.4. The standard InChI is InChI=1S/C14H21N3O2/c1-11-12(14(18)19)5-6-13(16-11)15-7-4-10-17-8-2-3-9-17/h5-6H,2-4,7-10H2,1H3,(H,15,16)(H,18,19). The first-order chi connectivity index (χ1) is 9.16. The maximum Gasteiger partial charge on any atom is 0.337 e. The number of carboxylic acids is 1. The van der Waals surface area contributed by atoms with Gasteiger partial charge in [0, 0.05) is 6.54 Å². The van der Waals surface area contributed by atoms with E-state index in [1.54, 1.807) is 19.1 Å². The fourth-order valence-corrected chi connectivity index (χ4v) is 2.41. The van der Waals surface area contributed by atoms with Crippen LogP contribution in [0.25, 0.3) is 0 Å². The number of aromatic nitrogens is 1. The molecule has 0 amide bonds. The van der Waals surface area contributed by atoms with Crippen molar-refractivity contribution in [3.05, 3.63) is 23.4 Å². The Hall–Kier alpha value is -1.62. The molecule has 1 aliphatic rings. The molecule has 1 aromatic rings. The lowest BCUT2D eigenvalue weighted by Gasteiger charge is -2.14. The van der Waals surface area contributed by atoms with Crippen LogP contribution in [0.5, 0.6) is 0 Å². The minimum Gasteiger partial charge on any atom is -0.478 e. The number of hydrogen-bond acceptors (Lipinski definition) is 4. The minimum absolute atomic E-state index is 0.266. The topological polar surface area (TPSA) is 65.5 Å². The predicted molar refractivity (Wildman–Crippen MR) is 74.7 cm³/mol. The number of carboxylic acid groups (broad SMARTS) is 1. The Morgan fingerprint density at radius 1 is 1.42 bits per heavy atom. The zero-order valence-electron chi connectivity index (χ0n) is 11.4. The van der Waals surface area contributed by atoms with Crippen molar-refractivity contribution in [2.75, 3.05) is 31.5 Å². The summed E-state index contributed by atoms with van der Waals surface area (Å²) >= 11 is 0. The molecule has 104 valence electrons. The van der Waals surface area contributed by atoms with Crippen LogP contribution >= 0.6 is 0 Å². The maximum absolute atomic E-state index is 10.9. The van der Waals surface area contributed by atoms with Gasteiger partial charge in [-0.3, -0.25) is 0 Å². The van der Waals surface area contributed by atoms with E-state index in [0.29, 0.717) is 5.69 Å². The molecule has 0 spiro atoms. The van der Waals surface area contributed by atoms with Gasteiger partial charge in [0.2, 0.25) is 0 Å².